The summed E-state index contributed by atoms with van der Waals surface area (Å²) in [6, 6.07) is 13.4. The molecule has 0 radical (unpaired) electrons. The maximum atomic E-state index is 12.6. The molecule has 9 nitrogen and oxygen atoms in total. The average molecular weight is 429 g/mol. The minimum Gasteiger partial charge on any atom is -0.454 e. The fourth-order valence-electron chi connectivity index (χ4n) is 2.85. The molecule has 156 valence electrons. The summed E-state index contributed by atoms with van der Waals surface area (Å²) in [6.07, 6.45) is 0. The van der Waals surface area contributed by atoms with Crippen LogP contribution in [-0.2, 0) is 20.4 Å². The number of nitriles is 1. The zero-order valence-electron chi connectivity index (χ0n) is 15.8. The van der Waals surface area contributed by atoms with Crippen molar-refractivity contribution in [3.8, 4) is 17.6 Å². The van der Waals surface area contributed by atoms with Crippen LogP contribution in [0.5, 0.6) is 11.5 Å². The van der Waals surface area contributed by atoms with Crippen LogP contribution in [0.25, 0.3) is 0 Å². The number of carbonyl (C=O) groups is 2. The number of fused-ring (bicyclic) bond motifs is 1. The van der Waals surface area contributed by atoms with Gasteiger partial charge in [0, 0.05) is 5.56 Å². The molecule has 30 heavy (non-hydrogen) atoms. The zero-order valence-corrected chi connectivity index (χ0v) is 16.6. The molecule has 0 bridgehead atoms. The monoisotopic (exact) mass is 429 g/mol. The first-order valence-electron chi connectivity index (χ1n) is 8.97. The van der Waals surface area contributed by atoms with E-state index in [2.05, 4.69) is 10.6 Å². The van der Waals surface area contributed by atoms with Gasteiger partial charge in [-0.25, -0.2) is 8.42 Å². The number of ether oxygens (including phenoxy) is 2. The highest BCUT2D eigenvalue weighted by Crippen LogP contribution is 2.32. The molecule has 1 aliphatic rings. The maximum absolute atomic E-state index is 12.6. The third-order valence-electron chi connectivity index (χ3n) is 4.25. The lowest BCUT2D eigenvalue weighted by Crippen LogP contribution is -2.50. The van der Waals surface area contributed by atoms with Crippen LogP contribution >= 0.6 is 0 Å². The molecule has 2 aromatic carbocycles. The van der Waals surface area contributed by atoms with Gasteiger partial charge in [-0.3, -0.25) is 9.59 Å². The molecular formula is C20H19N3O6S. The second-order valence-electron chi connectivity index (χ2n) is 6.51. The Bertz CT molecular complexity index is 1080. The summed E-state index contributed by atoms with van der Waals surface area (Å²) in [5.74, 6) is -1.45. The third kappa shape index (κ3) is 5.48. The Morgan fingerprint density at radius 3 is 2.57 bits per heavy atom. The van der Waals surface area contributed by atoms with E-state index in [4.69, 9.17) is 14.7 Å². The van der Waals surface area contributed by atoms with Crippen molar-refractivity contribution in [1.82, 2.24) is 10.6 Å². The molecule has 1 unspecified atom stereocenters. The SMILES string of the molecule is N#CCNC(=O)C(CS(=O)(=O)Cc1ccccc1)NC(=O)c1ccc2c(c1)OCO2. The summed E-state index contributed by atoms with van der Waals surface area (Å²) in [7, 11) is -3.74. The zero-order chi connectivity index (χ0) is 21.6. The van der Waals surface area contributed by atoms with Crippen molar-refractivity contribution in [2.24, 2.45) is 0 Å². The van der Waals surface area contributed by atoms with Gasteiger partial charge in [0.05, 0.1) is 17.6 Å². The highest BCUT2D eigenvalue weighted by atomic mass is 32.2. The van der Waals surface area contributed by atoms with Crippen molar-refractivity contribution in [2.45, 2.75) is 11.8 Å². The summed E-state index contributed by atoms with van der Waals surface area (Å²) in [6.45, 7) is -0.273. The van der Waals surface area contributed by atoms with Crippen molar-refractivity contribution >= 4 is 21.7 Å². The number of rotatable bonds is 8. The van der Waals surface area contributed by atoms with Crippen LogP contribution in [0.2, 0.25) is 0 Å². The lowest BCUT2D eigenvalue weighted by molar-refractivity contribution is -0.122. The van der Waals surface area contributed by atoms with Gasteiger partial charge in [0.1, 0.15) is 12.6 Å². The van der Waals surface area contributed by atoms with E-state index < -0.39 is 33.4 Å². The largest absolute Gasteiger partial charge is 0.454 e. The van der Waals surface area contributed by atoms with Gasteiger partial charge in [0.15, 0.2) is 21.3 Å². The summed E-state index contributed by atoms with van der Waals surface area (Å²) in [5, 5.41) is 13.4. The molecule has 2 amide bonds. The summed E-state index contributed by atoms with van der Waals surface area (Å²) in [4.78, 5) is 25.0. The average Bonchev–Trinajstić information content (AvgIpc) is 3.19. The molecule has 10 heteroatoms. The smallest absolute Gasteiger partial charge is 0.252 e. The minimum atomic E-state index is -3.74. The number of carbonyl (C=O) groups excluding carboxylic acids is 2. The molecule has 2 N–H and O–H groups in total. The van der Waals surface area contributed by atoms with Crippen LogP contribution in [0, 0.1) is 11.3 Å². The Labute approximate surface area is 173 Å². The van der Waals surface area contributed by atoms with Crippen molar-refractivity contribution in [3.05, 3.63) is 59.7 Å². The second-order valence-corrected chi connectivity index (χ2v) is 8.62. The molecule has 2 aromatic rings. The number of hydrogen-bond acceptors (Lipinski definition) is 7. The molecule has 0 aromatic heterocycles. The quantitative estimate of drug-likeness (QED) is 0.592. The fraction of sp³-hybridized carbons (Fsp3) is 0.250. The van der Waals surface area contributed by atoms with E-state index in [0.29, 0.717) is 17.1 Å². The lowest BCUT2D eigenvalue weighted by Gasteiger charge is -2.18. The molecular weight excluding hydrogens is 410 g/mol. The number of benzene rings is 2. The van der Waals surface area contributed by atoms with E-state index in [-0.39, 0.29) is 24.7 Å². The van der Waals surface area contributed by atoms with Gasteiger partial charge < -0.3 is 20.1 Å². The van der Waals surface area contributed by atoms with Crippen LogP contribution in [0.15, 0.2) is 48.5 Å². The molecule has 1 atom stereocenters. The first-order valence-corrected chi connectivity index (χ1v) is 10.8. The molecule has 3 rings (SSSR count). The number of nitrogens with zero attached hydrogens (tertiary/aromatic N) is 1. The molecule has 0 saturated heterocycles. The predicted octanol–water partition coefficient (Wildman–Crippen LogP) is 0.768. The summed E-state index contributed by atoms with van der Waals surface area (Å²) < 4.78 is 35.7. The Balaban J connectivity index is 1.75. The van der Waals surface area contributed by atoms with Crippen molar-refractivity contribution in [2.75, 3.05) is 19.1 Å². The Morgan fingerprint density at radius 2 is 1.83 bits per heavy atom. The van der Waals surface area contributed by atoms with Gasteiger partial charge in [0.2, 0.25) is 12.7 Å². The highest BCUT2D eigenvalue weighted by Gasteiger charge is 2.28. The van der Waals surface area contributed by atoms with Crippen molar-refractivity contribution in [1.29, 1.82) is 5.26 Å². The van der Waals surface area contributed by atoms with E-state index in [1.807, 2.05) is 0 Å². The Hall–Kier alpha value is -3.58. The van der Waals surface area contributed by atoms with Crippen LogP contribution in [0.1, 0.15) is 15.9 Å². The number of hydrogen-bond donors (Lipinski definition) is 2. The molecule has 0 aliphatic carbocycles. The first-order chi connectivity index (χ1) is 14.4. The first kappa shape index (κ1) is 21.1. The number of amides is 2. The third-order valence-corrected chi connectivity index (χ3v) is 5.86. The second kappa shape index (κ2) is 9.28. The number of sulfone groups is 1. The van der Waals surface area contributed by atoms with Crippen molar-refractivity contribution in [3.63, 3.8) is 0 Å². The van der Waals surface area contributed by atoms with E-state index in [9.17, 15) is 18.0 Å². The van der Waals surface area contributed by atoms with E-state index >= 15 is 0 Å². The summed E-state index contributed by atoms with van der Waals surface area (Å²) in [5.41, 5.74) is 0.744. The van der Waals surface area contributed by atoms with Crippen LogP contribution in [-0.4, -0.2) is 45.4 Å². The van der Waals surface area contributed by atoms with Gasteiger partial charge >= 0.3 is 0 Å². The van der Waals surface area contributed by atoms with E-state index in [1.165, 1.54) is 12.1 Å². The van der Waals surface area contributed by atoms with Gasteiger partial charge in [-0.2, -0.15) is 5.26 Å². The van der Waals surface area contributed by atoms with Gasteiger partial charge in [0.25, 0.3) is 5.91 Å². The molecule has 1 aliphatic heterocycles. The summed E-state index contributed by atoms with van der Waals surface area (Å²) >= 11 is 0. The molecule has 1 heterocycles. The van der Waals surface area contributed by atoms with Gasteiger partial charge in [-0.1, -0.05) is 30.3 Å². The molecule has 0 spiro atoms. The standard InChI is InChI=1S/C20H19N3O6S/c21-8-9-22-20(25)16(12-30(26,27)11-14-4-2-1-3-5-14)23-19(24)15-6-7-17-18(10-15)29-13-28-17/h1-7,10,16H,9,11-13H2,(H,22,25)(H,23,24). The Kier molecular flexibility index (Phi) is 6.54. The topological polar surface area (TPSA) is 135 Å². The molecule has 0 fully saturated rings. The maximum Gasteiger partial charge on any atom is 0.252 e. The normalized spacial score (nSPS) is 13.2. The Morgan fingerprint density at radius 1 is 1.10 bits per heavy atom. The van der Waals surface area contributed by atoms with Crippen molar-refractivity contribution < 1.29 is 27.5 Å². The van der Waals surface area contributed by atoms with E-state index in [0.717, 1.165) is 0 Å². The van der Waals surface area contributed by atoms with Crippen LogP contribution in [0.3, 0.4) is 0 Å². The van der Waals surface area contributed by atoms with E-state index in [1.54, 1.807) is 42.5 Å². The minimum absolute atomic E-state index is 0.0390. The van der Waals surface area contributed by atoms with Crippen LogP contribution < -0.4 is 20.1 Å². The lowest BCUT2D eigenvalue weighted by atomic mass is 10.1. The fourth-order valence-corrected chi connectivity index (χ4v) is 4.41. The highest BCUT2D eigenvalue weighted by molar-refractivity contribution is 7.90. The van der Waals surface area contributed by atoms with Crippen LogP contribution in [0.4, 0.5) is 0 Å². The van der Waals surface area contributed by atoms with Gasteiger partial charge in [-0.15, -0.1) is 0 Å². The number of nitrogens with one attached hydrogen (secondary N) is 2. The predicted molar refractivity (Wildman–Crippen MR) is 106 cm³/mol. The van der Waals surface area contributed by atoms with Gasteiger partial charge in [-0.05, 0) is 23.8 Å². The molecule has 0 saturated carbocycles.